The van der Waals surface area contributed by atoms with Crippen LogP contribution in [0.4, 0.5) is 0 Å². The number of nitrogens with zero attached hydrogens (tertiary/aromatic N) is 1. The fourth-order valence-corrected chi connectivity index (χ4v) is 6.84. The molecule has 2 N–H and O–H groups in total. The van der Waals surface area contributed by atoms with Gasteiger partial charge < -0.3 is 29.0 Å². The van der Waals surface area contributed by atoms with Gasteiger partial charge in [-0.1, -0.05) is 61.5 Å². The zero-order valence-electron chi connectivity index (χ0n) is 30.8. The smallest absolute Gasteiger partial charge is 0.255 e. The third-order valence-electron chi connectivity index (χ3n) is 9.55. The molecule has 4 aromatic carbocycles. The number of hydrogen-bond acceptors (Lipinski definition) is 8. The summed E-state index contributed by atoms with van der Waals surface area (Å²) in [5.74, 6) is 0.808. The Morgan fingerprint density at radius 3 is 1.94 bits per heavy atom. The predicted molar refractivity (Wildman–Crippen MR) is 206 cm³/mol. The minimum atomic E-state index is -0.630. The molecule has 54 heavy (non-hydrogen) atoms. The normalized spacial score (nSPS) is 15.8. The number of phenols is 1. The van der Waals surface area contributed by atoms with E-state index in [1.54, 1.807) is 24.3 Å². The number of amides is 3. The van der Waals surface area contributed by atoms with Crippen LogP contribution < -0.4 is 14.8 Å². The maximum atomic E-state index is 12.9. The lowest BCUT2D eigenvalue weighted by molar-refractivity contribution is -0.136. The van der Waals surface area contributed by atoms with Crippen LogP contribution in [0.5, 0.6) is 17.2 Å². The Morgan fingerprint density at radius 2 is 1.31 bits per heavy atom. The standard InChI is InChI=1S/C44H48N2O8/c1-2-38(31-9-4-3-5-10-31)42(32-11-15-35(47)16-12-32)33-13-17-36(18-14-33)53-27-7-25-51-23-6-24-52-26-8-28-54-37-19-20-39-34(29-37)30-46(44(39)50)40-21-22-41(48)45-43(40)49/h3-5,9-20,29,40,47H,2,6-8,21-28,30H2,1H3,(H,45,48,49). The van der Waals surface area contributed by atoms with Crippen LogP contribution in [-0.4, -0.2) is 73.4 Å². The Kier molecular flexibility index (Phi) is 13.5. The first kappa shape index (κ1) is 38.3. The number of allylic oxidation sites excluding steroid dienone is 1. The van der Waals surface area contributed by atoms with Crippen LogP contribution in [0.2, 0.25) is 0 Å². The summed E-state index contributed by atoms with van der Waals surface area (Å²) in [5, 5.41) is 12.2. The number of hydrogen-bond donors (Lipinski definition) is 2. The minimum Gasteiger partial charge on any atom is -0.508 e. The summed E-state index contributed by atoms with van der Waals surface area (Å²) in [6.07, 6.45) is 3.72. The second-order valence-corrected chi connectivity index (χ2v) is 13.3. The molecular formula is C44H48N2O8. The van der Waals surface area contributed by atoms with Crippen molar-refractivity contribution in [3.8, 4) is 17.2 Å². The quantitative estimate of drug-likeness (QED) is 0.0591. The van der Waals surface area contributed by atoms with Crippen molar-refractivity contribution in [2.75, 3.05) is 39.6 Å². The van der Waals surface area contributed by atoms with Gasteiger partial charge in [0, 0.05) is 57.8 Å². The van der Waals surface area contributed by atoms with E-state index >= 15 is 0 Å². The number of piperidine rings is 1. The second kappa shape index (κ2) is 19.0. The van der Waals surface area contributed by atoms with Crippen molar-refractivity contribution in [3.05, 3.63) is 125 Å². The lowest BCUT2D eigenvalue weighted by Gasteiger charge is -2.29. The molecule has 1 unspecified atom stereocenters. The third-order valence-corrected chi connectivity index (χ3v) is 9.55. The van der Waals surface area contributed by atoms with Gasteiger partial charge in [-0.3, -0.25) is 19.7 Å². The molecule has 6 rings (SSSR count). The highest BCUT2D eigenvalue weighted by molar-refractivity contribution is 6.05. The van der Waals surface area contributed by atoms with Crippen molar-refractivity contribution in [1.29, 1.82) is 0 Å². The maximum absolute atomic E-state index is 12.9. The van der Waals surface area contributed by atoms with Crippen molar-refractivity contribution < 1.29 is 38.4 Å². The number of aromatic hydroxyl groups is 1. The fourth-order valence-electron chi connectivity index (χ4n) is 6.84. The van der Waals surface area contributed by atoms with Gasteiger partial charge in [-0.25, -0.2) is 0 Å². The summed E-state index contributed by atoms with van der Waals surface area (Å²) in [6.45, 7) is 5.91. The SMILES string of the molecule is CCC(=C(c1ccc(O)cc1)c1ccc(OCCCOCCCOCCCOc2ccc3c(c2)CN(C2CCC(=O)NC2=O)C3=O)cc1)c1ccccc1. The lowest BCUT2D eigenvalue weighted by Crippen LogP contribution is -2.52. The first-order chi connectivity index (χ1) is 26.4. The van der Waals surface area contributed by atoms with Gasteiger partial charge >= 0.3 is 0 Å². The van der Waals surface area contributed by atoms with E-state index < -0.39 is 11.9 Å². The van der Waals surface area contributed by atoms with E-state index in [0.717, 1.165) is 53.7 Å². The lowest BCUT2D eigenvalue weighted by atomic mass is 9.88. The van der Waals surface area contributed by atoms with E-state index in [2.05, 4.69) is 48.6 Å². The molecule has 1 saturated heterocycles. The van der Waals surface area contributed by atoms with E-state index in [0.29, 0.717) is 63.9 Å². The molecule has 0 bridgehead atoms. The zero-order valence-corrected chi connectivity index (χ0v) is 30.8. The van der Waals surface area contributed by atoms with Crippen molar-refractivity contribution in [1.82, 2.24) is 10.2 Å². The molecule has 0 aromatic heterocycles. The highest BCUT2D eigenvalue weighted by Crippen LogP contribution is 2.36. The van der Waals surface area contributed by atoms with E-state index in [-0.39, 0.29) is 24.0 Å². The Bertz CT molecular complexity index is 1910. The molecule has 2 aliphatic rings. The fraction of sp³-hybridized carbons (Fsp3) is 0.341. The van der Waals surface area contributed by atoms with Crippen LogP contribution in [0, 0.1) is 0 Å². The highest BCUT2D eigenvalue weighted by atomic mass is 16.5. The number of carbonyl (C=O) groups is 3. The number of phenolic OH excluding ortho intramolecular Hbond substituents is 1. The van der Waals surface area contributed by atoms with Crippen molar-refractivity contribution in [2.45, 2.75) is 58.0 Å². The van der Waals surface area contributed by atoms with Gasteiger partial charge in [-0.2, -0.15) is 0 Å². The van der Waals surface area contributed by atoms with Gasteiger partial charge in [0.15, 0.2) is 0 Å². The first-order valence-electron chi connectivity index (χ1n) is 18.8. The van der Waals surface area contributed by atoms with Gasteiger partial charge in [0.25, 0.3) is 5.91 Å². The summed E-state index contributed by atoms with van der Waals surface area (Å²) in [7, 11) is 0. The number of carbonyl (C=O) groups excluding carboxylic acids is 3. The van der Waals surface area contributed by atoms with Crippen molar-refractivity contribution >= 4 is 28.9 Å². The van der Waals surface area contributed by atoms with E-state index in [4.69, 9.17) is 18.9 Å². The van der Waals surface area contributed by atoms with Gasteiger partial charge in [0.1, 0.15) is 23.3 Å². The molecule has 2 heterocycles. The number of fused-ring (bicyclic) bond motifs is 1. The number of imide groups is 1. The molecule has 10 nitrogen and oxygen atoms in total. The molecule has 282 valence electrons. The molecule has 3 amide bonds. The number of benzene rings is 4. The van der Waals surface area contributed by atoms with Crippen LogP contribution >= 0.6 is 0 Å². The van der Waals surface area contributed by atoms with Crippen molar-refractivity contribution in [3.63, 3.8) is 0 Å². The largest absolute Gasteiger partial charge is 0.508 e. The molecule has 1 fully saturated rings. The minimum absolute atomic E-state index is 0.196. The molecule has 10 heteroatoms. The summed E-state index contributed by atoms with van der Waals surface area (Å²) in [6, 6.07) is 30.7. The second-order valence-electron chi connectivity index (χ2n) is 13.3. The third kappa shape index (κ3) is 9.94. The van der Waals surface area contributed by atoms with E-state index in [1.807, 2.05) is 36.4 Å². The van der Waals surface area contributed by atoms with Gasteiger partial charge in [-0.05, 0) is 95.1 Å². The zero-order chi connectivity index (χ0) is 37.7. The number of nitrogens with one attached hydrogen (secondary N) is 1. The Balaban J connectivity index is 0.836. The Hall–Kier alpha value is -5.45. The maximum Gasteiger partial charge on any atom is 0.255 e. The Labute approximate surface area is 316 Å². The monoisotopic (exact) mass is 732 g/mol. The van der Waals surface area contributed by atoms with Crippen LogP contribution in [0.1, 0.15) is 78.1 Å². The summed E-state index contributed by atoms with van der Waals surface area (Å²) in [5.41, 5.74) is 7.07. The van der Waals surface area contributed by atoms with Crippen LogP contribution in [0.3, 0.4) is 0 Å². The Morgan fingerprint density at radius 1 is 0.722 bits per heavy atom. The average molecular weight is 733 g/mol. The van der Waals surface area contributed by atoms with Crippen LogP contribution in [0.15, 0.2) is 97.1 Å². The number of ether oxygens (including phenoxy) is 4. The first-order valence-corrected chi connectivity index (χ1v) is 18.8. The number of rotatable bonds is 19. The van der Waals surface area contributed by atoms with Crippen LogP contribution in [-0.2, 0) is 25.6 Å². The topological polar surface area (TPSA) is 124 Å². The molecule has 0 aliphatic carbocycles. The molecule has 0 saturated carbocycles. The molecule has 1 atom stereocenters. The summed E-state index contributed by atoms with van der Waals surface area (Å²) >= 11 is 0. The molecular weight excluding hydrogens is 684 g/mol. The van der Waals surface area contributed by atoms with Gasteiger partial charge in [0.2, 0.25) is 11.8 Å². The molecule has 0 radical (unpaired) electrons. The van der Waals surface area contributed by atoms with Gasteiger partial charge in [-0.15, -0.1) is 0 Å². The average Bonchev–Trinajstić information content (AvgIpc) is 3.51. The predicted octanol–water partition coefficient (Wildman–Crippen LogP) is 7.18. The van der Waals surface area contributed by atoms with E-state index in [1.165, 1.54) is 16.0 Å². The summed E-state index contributed by atoms with van der Waals surface area (Å²) < 4.78 is 23.4. The molecule has 4 aromatic rings. The van der Waals surface area contributed by atoms with Crippen molar-refractivity contribution in [2.24, 2.45) is 0 Å². The summed E-state index contributed by atoms with van der Waals surface area (Å²) in [4.78, 5) is 38.2. The van der Waals surface area contributed by atoms with Crippen LogP contribution in [0.25, 0.3) is 11.1 Å². The highest BCUT2D eigenvalue weighted by Gasteiger charge is 2.39. The molecule has 0 spiro atoms. The molecule has 2 aliphatic heterocycles. The van der Waals surface area contributed by atoms with Gasteiger partial charge in [0.05, 0.1) is 13.2 Å². The van der Waals surface area contributed by atoms with E-state index in [9.17, 15) is 19.5 Å².